The van der Waals surface area contributed by atoms with Crippen LogP contribution in [0.15, 0.2) is 78.9 Å². The molecule has 0 spiro atoms. The summed E-state index contributed by atoms with van der Waals surface area (Å²) < 4.78 is 22.9. The van der Waals surface area contributed by atoms with Crippen LogP contribution >= 0.6 is 0 Å². The van der Waals surface area contributed by atoms with E-state index in [9.17, 15) is 18.8 Å². The van der Waals surface area contributed by atoms with E-state index in [0.29, 0.717) is 22.4 Å². The molecule has 2 N–H and O–H groups in total. The number of carbonyl (C=O) groups excluding carboxylic acids is 3. The minimum atomic E-state index is -0.816. The topological polar surface area (TPSA) is 93.7 Å². The second kappa shape index (κ2) is 12.0. The SMILES string of the molecule is CCOC(=O)Oc1ccc(C(=O)NCc2ccccc2NC(=O)/C=C/c2cccc(F)c2)cc1. The quantitative estimate of drug-likeness (QED) is 0.281. The number of nitrogens with one attached hydrogen (secondary N) is 2. The van der Waals surface area contributed by atoms with Gasteiger partial charge in [-0.05, 0) is 66.6 Å². The van der Waals surface area contributed by atoms with Crippen LogP contribution < -0.4 is 15.4 Å². The first-order chi connectivity index (χ1) is 16.4. The van der Waals surface area contributed by atoms with E-state index in [1.165, 1.54) is 48.6 Å². The highest BCUT2D eigenvalue weighted by Gasteiger charge is 2.10. The molecule has 0 radical (unpaired) electrons. The summed E-state index contributed by atoms with van der Waals surface area (Å²) in [5.74, 6) is -0.853. The average molecular weight is 462 g/mol. The normalized spacial score (nSPS) is 10.5. The van der Waals surface area contributed by atoms with Crippen molar-refractivity contribution in [2.75, 3.05) is 11.9 Å². The van der Waals surface area contributed by atoms with Gasteiger partial charge in [-0.2, -0.15) is 0 Å². The van der Waals surface area contributed by atoms with E-state index in [1.807, 2.05) is 0 Å². The first-order valence-corrected chi connectivity index (χ1v) is 10.5. The van der Waals surface area contributed by atoms with E-state index in [2.05, 4.69) is 10.6 Å². The number of hydrogen-bond acceptors (Lipinski definition) is 5. The molecule has 0 saturated heterocycles. The van der Waals surface area contributed by atoms with E-state index in [1.54, 1.807) is 43.3 Å². The minimum absolute atomic E-state index is 0.171. The zero-order chi connectivity index (χ0) is 24.3. The van der Waals surface area contributed by atoms with Crippen LogP contribution in [0, 0.1) is 5.82 Å². The Kier molecular flexibility index (Phi) is 8.51. The maximum absolute atomic E-state index is 13.3. The molecule has 0 aliphatic carbocycles. The van der Waals surface area contributed by atoms with Gasteiger partial charge in [-0.1, -0.05) is 30.3 Å². The molecule has 0 unspecified atom stereocenters. The van der Waals surface area contributed by atoms with Crippen LogP contribution in [0.25, 0.3) is 6.08 Å². The minimum Gasteiger partial charge on any atom is -0.434 e. The molecule has 0 heterocycles. The predicted octanol–water partition coefficient (Wildman–Crippen LogP) is 4.94. The Morgan fingerprint density at radius 1 is 0.971 bits per heavy atom. The van der Waals surface area contributed by atoms with Crippen LogP contribution in [-0.4, -0.2) is 24.6 Å². The molecule has 8 heteroatoms. The third kappa shape index (κ3) is 7.30. The van der Waals surface area contributed by atoms with Gasteiger partial charge in [-0.15, -0.1) is 0 Å². The molecular formula is C26H23FN2O5. The molecule has 3 aromatic carbocycles. The van der Waals surface area contributed by atoms with Crippen LogP contribution in [-0.2, 0) is 16.1 Å². The highest BCUT2D eigenvalue weighted by atomic mass is 19.1. The van der Waals surface area contributed by atoms with Gasteiger partial charge >= 0.3 is 6.16 Å². The van der Waals surface area contributed by atoms with Gasteiger partial charge in [0, 0.05) is 23.9 Å². The molecule has 0 aromatic heterocycles. The lowest BCUT2D eigenvalue weighted by molar-refractivity contribution is -0.111. The number of amides is 2. The highest BCUT2D eigenvalue weighted by molar-refractivity contribution is 6.02. The molecule has 0 atom stereocenters. The molecule has 0 aliphatic rings. The molecule has 0 fully saturated rings. The fraction of sp³-hybridized carbons (Fsp3) is 0.115. The maximum atomic E-state index is 13.3. The number of carbonyl (C=O) groups is 3. The van der Waals surface area contributed by atoms with Crippen molar-refractivity contribution >= 4 is 29.7 Å². The molecule has 0 saturated carbocycles. The molecule has 3 rings (SSSR count). The fourth-order valence-electron chi connectivity index (χ4n) is 2.95. The average Bonchev–Trinajstić information content (AvgIpc) is 2.83. The van der Waals surface area contributed by atoms with Crippen molar-refractivity contribution < 1.29 is 28.2 Å². The molecule has 0 bridgehead atoms. The van der Waals surface area contributed by atoms with Crippen LogP contribution in [0.2, 0.25) is 0 Å². The molecule has 7 nitrogen and oxygen atoms in total. The van der Waals surface area contributed by atoms with E-state index >= 15 is 0 Å². The van der Waals surface area contributed by atoms with Gasteiger partial charge in [-0.3, -0.25) is 9.59 Å². The third-order valence-corrected chi connectivity index (χ3v) is 4.57. The van der Waals surface area contributed by atoms with Gasteiger partial charge in [0.1, 0.15) is 11.6 Å². The first-order valence-electron chi connectivity index (χ1n) is 10.5. The van der Waals surface area contributed by atoms with E-state index in [0.717, 1.165) is 0 Å². The van der Waals surface area contributed by atoms with Crippen LogP contribution in [0.3, 0.4) is 0 Å². The number of halogens is 1. The summed E-state index contributed by atoms with van der Waals surface area (Å²) in [6, 6.07) is 19.0. The smallest absolute Gasteiger partial charge is 0.434 e. The van der Waals surface area contributed by atoms with Crippen molar-refractivity contribution in [2.45, 2.75) is 13.5 Å². The van der Waals surface area contributed by atoms with Crippen LogP contribution in [0.1, 0.15) is 28.4 Å². The highest BCUT2D eigenvalue weighted by Crippen LogP contribution is 2.17. The first kappa shape index (κ1) is 24.2. The number of anilines is 1. The van der Waals surface area contributed by atoms with E-state index in [-0.39, 0.29) is 36.5 Å². The Hall–Kier alpha value is -4.46. The molecule has 174 valence electrons. The second-order valence-corrected chi connectivity index (χ2v) is 7.03. The second-order valence-electron chi connectivity index (χ2n) is 7.03. The van der Waals surface area contributed by atoms with Crippen molar-refractivity contribution in [3.63, 3.8) is 0 Å². The Balaban J connectivity index is 1.58. The fourth-order valence-corrected chi connectivity index (χ4v) is 2.95. The Labute approximate surface area is 196 Å². The summed E-state index contributed by atoms with van der Waals surface area (Å²) in [6.07, 6.45) is 2.01. The van der Waals surface area contributed by atoms with Gasteiger partial charge in [0.25, 0.3) is 5.91 Å². The zero-order valence-corrected chi connectivity index (χ0v) is 18.4. The Morgan fingerprint density at radius 2 is 1.74 bits per heavy atom. The summed E-state index contributed by atoms with van der Waals surface area (Å²) in [6.45, 7) is 2.04. The summed E-state index contributed by atoms with van der Waals surface area (Å²) in [5.41, 5.74) is 2.17. The lowest BCUT2D eigenvalue weighted by atomic mass is 10.1. The predicted molar refractivity (Wildman–Crippen MR) is 126 cm³/mol. The van der Waals surface area contributed by atoms with Crippen molar-refractivity contribution in [1.29, 1.82) is 0 Å². The van der Waals surface area contributed by atoms with Crippen LogP contribution in [0.4, 0.5) is 14.9 Å². The zero-order valence-electron chi connectivity index (χ0n) is 18.4. The number of hydrogen-bond donors (Lipinski definition) is 2. The Morgan fingerprint density at radius 3 is 2.47 bits per heavy atom. The van der Waals surface area contributed by atoms with Gasteiger partial charge in [0.15, 0.2) is 0 Å². The van der Waals surface area contributed by atoms with Gasteiger partial charge in [-0.25, -0.2) is 9.18 Å². The monoisotopic (exact) mass is 462 g/mol. The summed E-state index contributed by atoms with van der Waals surface area (Å²) >= 11 is 0. The largest absolute Gasteiger partial charge is 0.513 e. The van der Waals surface area contributed by atoms with Crippen molar-refractivity contribution in [1.82, 2.24) is 5.32 Å². The van der Waals surface area contributed by atoms with Crippen molar-refractivity contribution in [3.8, 4) is 5.75 Å². The molecule has 2 amide bonds. The van der Waals surface area contributed by atoms with Crippen molar-refractivity contribution in [2.24, 2.45) is 0 Å². The maximum Gasteiger partial charge on any atom is 0.513 e. The molecule has 0 aliphatic heterocycles. The Bertz CT molecular complexity index is 1190. The van der Waals surface area contributed by atoms with E-state index < -0.39 is 6.16 Å². The van der Waals surface area contributed by atoms with Gasteiger partial charge < -0.3 is 20.1 Å². The summed E-state index contributed by atoms with van der Waals surface area (Å²) in [7, 11) is 0. The summed E-state index contributed by atoms with van der Waals surface area (Å²) in [4.78, 5) is 36.2. The third-order valence-electron chi connectivity index (χ3n) is 4.57. The number of ether oxygens (including phenoxy) is 2. The molecule has 3 aromatic rings. The van der Waals surface area contributed by atoms with Gasteiger partial charge in [0.2, 0.25) is 5.91 Å². The van der Waals surface area contributed by atoms with Crippen molar-refractivity contribution in [3.05, 3.63) is 101 Å². The summed E-state index contributed by atoms with van der Waals surface area (Å²) in [5, 5.41) is 5.55. The number of benzene rings is 3. The molecule has 34 heavy (non-hydrogen) atoms. The molecular weight excluding hydrogens is 439 g/mol. The number of para-hydroxylation sites is 1. The lowest BCUT2D eigenvalue weighted by Gasteiger charge is -2.11. The van der Waals surface area contributed by atoms with Gasteiger partial charge in [0.05, 0.1) is 6.61 Å². The lowest BCUT2D eigenvalue weighted by Crippen LogP contribution is -2.23. The van der Waals surface area contributed by atoms with Crippen LogP contribution in [0.5, 0.6) is 5.75 Å². The number of rotatable bonds is 8. The van der Waals surface area contributed by atoms with E-state index in [4.69, 9.17) is 9.47 Å². The standard InChI is InChI=1S/C26H23FN2O5/c1-2-33-26(32)34-22-13-11-19(12-14-22)25(31)28-17-20-7-3-4-9-23(20)29-24(30)15-10-18-6-5-8-21(27)16-18/h3-16H,2,17H2,1H3,(H,28,31)(H,29,30)/b15-10+.